The molecule has 1 aliphatic rings. The summed E-state index contributed by atoms with van der Waals surface area (Å²) < 4.78 is 1.20. The zero-order valence-corrected chi connectivity index (χ0v) is 9.39. The van der Waals surface area contributed by atoms with E-state index in [0.29, 0.717) is 0 Å². The second-order valence-electron chi connectivity index (χ2n) is 3.82. The van der Waals surface area contributed by atoms with Crippen LogP contribution >= 0.6 is 0 Å². The smallest absolute Gasteiger partial charge is 0.0912 e. The fourth-order valence-corrected chi connectivity index (χ4v) is 1.36. The lowest BCUT2D eigenvalue weighted by Crippen LogP contribution is -3.00. The van der Waals surface area contributed by atoms with Crippen molar-refractivity contribution in [1.29, 1.82) is 0 Å². The maximum Gasteiger partial charge on any atom is 0.0912 e. The largest absolute Gasteiger partial charge is 1.00 e. The first kappa shape index (κ1) is 11.4. The number of rotatable bonds is 1. The van der Waals surface area contributed by atoms with Gasteiger partial charge in [0, 0.05) is 13.1 Å². The van der Waals surface area contributed by atoms with Gasteiger partial charge in [0.15, 0.2) is 0 Å². The summed E-state index contributed by atoms with van der Waals surface area (Å²) in [7, 11) is 4.62. The monoisotopic (exact) mass is 222 g/mol. The molecule has 0 N–H and O–H groups in total. The van der Waals surface area contributed by atoms with Crippen molar-refractivity contribution in [2.45, 2.75) is 6.92 Å². The van der Waals surface area contributed by atoms with E-state index in [4.69, 9.17) is 0 Å². The Morgan fingerprint density at radius 1 is 1.18 bits per heavy atom. The third-order valence-corrected chi connectivity index (χ3v) is 2.49. The Morgan fingerprint density at radius 3 is 2.00 bits per heavy atom. The molecule has 11 heavy (non-hydrogen) atoms. The Bertz CT molecular complexity index is 105. The van der Waals surface area contributed by atoms with Gasteiger partial charge < -0.3 is 21.5 Å². The van der Waals surface area contributed by atoms with Gasteiger partial charge in [-0.15, -0.1) is 0 Å². The summed E-state index contributed by atoms with van der Waals surface area (Å²) in [6, 6.07) is 0. The average Bonchev–Trinajstić information content (AvgIpc) is 1.88. The van der Waals surface area contributed by atoms with E-state index in [1.807, 2.05) is 0 Å². The van der Waals surface area contributed by atoms with Crippen molar-refractivity contribution in [2.75, 3.05) is 46.8 Å². The molecule has 0 aromatic heterocycles. The zero-order chi connectivity index (χ0) is 7.61. The second kappa shape index (κ2) is 4.43. The fourth-order valence-electron chi connectivity index (χ4n) is 1.36. The summed E-state index contributed by atoms with van der Waals surface area (Å²) in [6.45, 7) is 8.65. The lowest BCUT2D eigenvalue weighted by Gasteiger charge is -2.38. The molecule has 1 rings (SSSR count). The molecule has 0 atom stereocenters. The molecular formula is C8H19BrN2. The van der Waals surface area contributed by atoms with Crippen LogP contribution in [-0.4, -0.2) is 56.2 Å². The average molecular weight is 223 g/mol. The summed E-state index contributed by atoms with van der Waals surface area (Å²) in [4.78, 5) is 2.52. The van der Waals surface area contributed by atoms with Crippen LogP contribution in [0.3, 0.4) is 0 Å². The molecule has 1 fully saturated rings. The van der Waals surface area contributed by atoms with Crippen LogP contribution in [0.15, 0.2) is 0 Å². The first-order valence-corrected chi connectivity index (χ1v) is 4.18. The quantitative estimate of drug-likeness (QED) is 0.441. The van der Waals surface area contributed by atoms with Gasteiger partial charge in [-0.25, -0.2) is 0 Å². The molecule has 3 heteroatoms. The summed E-state index contributed by atoms with van der Waals surface area (Å²) in [6.07, 6.45) is 0. The van der Waals surface area contributed by atoms with Gasteiger partial charge in [-0.2, -0.15) is 0 Å². The van der Waals surface area contributed by atoms with Crippen LogP contribution in [0.25, 0.3) is 0 Å². The van der Waals surface area contributed by atoms with Gasteiger partial charge in [0.1, 0.15) is 0 Å². The third-order valence-electron chi connectivity index (χ3n) is 2.49. The predicted octanol–water partition coefficient (Wildman–Crippen LogP) is -2.60. The Morgan fingerprint density at radius 2 is 1.64 bits per heavy atom. The Balaban J connectivity index is 0.000001000. The first-order chi connectivity index (χ1) is 4.64. The molecule has 1 heterocycles. The van der Waals surface area contributed by atoms with Gasteiger partial charge in [0.2, 0.25) is 0 Å². The maximum absolute atomic E-state index is 2.52. The number of hydrogen-bond acceptors (Lipinski definition) is 1. The van der Waals surface area contributed by atoms with E-state index in [1.54, 1.807) is 0 Å². The minimum Gasteiger partial charge on any atom is -1.00 e. The van der Waals surface area contributed by atoms with Crippen LogP contribution in [0.5, 0.6) is 0 Å². The van der Waals surface area contributed by atoms with Crippen molar-refractivity contribution in [3.8, 4) is 0 Å². The molecule has 1 aliphatic heterocycles. The van der Waals surface area contributed by atoms with Gasteiger partial charge in [0.05, 0.1) is 27.2 Å². The molecule has 0 aromatic rings. The van der Waals surface area contributed by atoms with E-state index in [2.05, 4.69) is 25.9 Å². The van der Waals surface area contributed by atoms with Crippen LogP contribution in [0.2, 0.25) is 0 Å². The van der Waals surface area contributed by atoms with E-state index in [-0.39, 0.29) is 17.0 Å². The van der Waals surface area contributed by atoms with Crippen LogP contribution in [0, 0.1) is 0 Å². The van der Waals surface area contributed by atoms with Crippen molar-refractivity contribution >= 4 is 0 Å². The molecule has 0 spiro atoms. The number of nitrogens with zero attached hydrogens (tertiary/aromatic N) is 2. The van der Waals surface area contributed by atoms with E-state index in [0.717, 1.165) is 0 Å². The minimum absolute atomic E-state index is 0. The fraction of sp³-hybridized carbons (Fsp3) is 1.00. The minimum atomic E-state index is 0. The lowest BCUT2D eigenvalue weighted by molar-refractivity contribution is -0.894. The van der Waals surface area contributed by atoms with Gasteiger partial charge in [0.25, 0.3) is 0 Å². The normalized spacial score (nSPS) is 24.3. The van der Waals surface area contributed by atoms with Gasteiger partial charge >= 0.3 is 0 Å². The second-order valence-corrected chi connectivity index (χ2v) is 3.82. The predicted molar refractivity (Wildman–Crippen MR) is 44.0 cm³/mol. The maximum atomic E-state index is 2.52. The highest BCUT2D eigenvalue weighted by molar-refractivity contribution is 4.59. The van der Waals surface area contributed by atoms with E-state index in [9.17, 15) is 0 Å². The van der Waals surface area contributed by atoms with Gasteiger partial charge in [-0.1, -0.05) is 6.92 Å². The third kappa shape index (κ3) is 3.54. The number of halogens is 1. The molecule has 0 bridgehead atoms. The summed E-state index contributed by atoms with van der Waals surface area (Å²) >= 11 is 0. The molecule has 0 amide bonds. The van der Waals surface area contributed by atoms with E-state index >= 15 is 0 Å². The summed E-state index contributed by atoms with van der Waals surface area (Å²) in [5.41, 5.74) is 0. The Hall–Kier alpha value is 0.400. The van der Waals surface area contributed by atoms with Crippen molar-refractivity contribution in [1.82, 2.24) is 4.90 Å². The lowest BCUT2D eigenvalue weighted by atomic mass is 10.3. The summed E-state index contributed by atoms with van der Waals surface area (Å²) in [5.74, 6) is 0. The summed E-state index contributed by atoms with van der Waals surface area (Å²) in [5, 5.41) is 0. The highest BCUT2D eigenvalue weighted by Gasteiger charge is 2.22. The standard InChI is InChI=1S/C8H19N2.BrH/c1-4-9-5-7-10(2,3)8-6-9;/h4-8H2,1-3H3;1H/q+1;/p-1. The highest BCUT2D eigenvalue weighted by atomic mass is 79.9. The number of hydrogen-bond donors (Lipinski definition) is 0. The van der Waals surface area contributed by atoms with Crippen LogP contribution in [0.1, 0.15) is 6.92 Å². The van der Waals surface area contributed by atoms with Crippen molar-refractivity contribution in [3.05, 3.63) is 0 Å². The van der Waals surface area contributed by atoms with Crippen LogP contribution in [-0.2, 0) is 0 Å². The van der Waals surface area contributed by atoms with Crippen molar-refractivity contribution in [3.63, 3.8) is 0 Å². The number of piperazine rings is 1. The molecule has 0 saturated carbocycles. The molecular weight excluding hydrogens is 204 g/mol. The SMILES string of the molecule is CCN1CC[N+](C)(C)CC1.[Br-]. The Kier molecular flexibility index (Phi) is 4.59. The number of quaternary nitrogens is 1. The molecule has 0 aromatic carbocycles. The first-order valence-electron chi connectivity index (χ1n) is 4.18. The molecule has 68 valence electrons. The van der Waals surface area contributed by atoms with Crippen molar-refractivity contribution < 1.29 is 21.5 Å². The van der Waals surface area contributed by atoms with Gasteiger partial charge in [-0.05, 0) is 6.54 Å². The van der Waals surface area contributed by atoms with Gasteiger partial charge in [-0.3, -0.25) is 4.90 Å². The molecule has 0 unspecified atom stereocenters. The molecule has 2 nitrogen and oxygen atoms in total. The van der Waals surface area contributed by atoms with Crippen LogP contribution < -0.4 is 17.0 Å². The van der Waals surface area contributed by atoms with Crippen molar-refractivity contribution in [2.24, 2.45) is 0 Å². The Labute approximate surface area is 80.5 Å². The zero-order valence-electron chi connectivity index (χ0n) is 7.81. The molecule has 0 radical (unpaired) electrons. The molecule has 0 aliphatic carbocycles. The van der Waals surface area contributed by atoms with Crippen LogP contribution in [0.4, 0.5) is 0 Å². The van der Waals surface area contributed by atoms with E-state index < -0.39 is 0 Å². The highest BCUT2D eigenvalue weighted by Crippen LogP contribution is 2.04. The molecule has 1 saturated heterocycles. The van der Waals surface area contributed by atoms with E-state index in [1.165, 1.54) is 37.2 Å². The number of likely N-dealkylation sites (N-methyl/N-ethyl adjacent to an activating group) is 2. The topological polar surface area (TPSA) is 3.24 Å².